The quantitative estimate of drug-likeness (QED) is 0.0184. The lowest BCUT2D eigenvalue weighted by Crippen LogP contribution is -2.61. The van der Waals surface area contributed by atoms with Crippen molar-refractivity contribution in [1.29, 1.82) is 0 Å². The Morgan fingerprint density at radius 1 is 0.750 bits per heavy atom. The minimum atomic E-state index is -1.61. The molecule has 0 saturated carbocycles. The number of carbonyl (C=O) groups excluding carboxylic acids is 7. The van der Waals surface area contributed by atoms with Crippen molar-refractivity contribution in [3.05, 3.63) is 0 Å². The topological polar surface area (TPSA) is 343 Å². The summed E-state index contributed by atoms with van der Waals surface area (Å²) in [7, 11) is 0. The molecule has 342 valence electrons. The van der Waals surface area contributed by atoms with Gasteiger partial charge in [0.2, 0.25) is 41.4 Å². The van der Waals surface area contributed by atoms with Crippen molar-refractivity contribution in [3.8, 4) is 0 Å². The molecule has 1 aliphatic rings. The first kappa shape index (κ1) is 53.3. The van der Waals surface area contributed by atoms with Gasteiger partial charge in [-0.2, -0.15) is 12.6 Å². The summed E-state index contributed by atoms with van der Waals surface area (Å²) in [4.78, 5) is 111. The van der Waals surface area contributed by atoms with Crippen LogP contribution in [0.4, 0.5) is 0 Å². The van der Waals surface area contributed by atoms with Crippen LogP contribution >= 0.6 is 12.6 Å². The number of aliphatic hydroxyl groups excluding tert-OH is 1. The molecule has 1 fully saturated rings. The molecular weight excluding hydrogens is 803 g/mol. The lowest BCUT2D eigenvalue weighted by atomic mass is 9.95. The number of carboxylic acid groups (broad SMARTS) is 1. The van der Waals surface area contributed by atoms with Gasteiger partial charge >= 0.3 is 5.97 Å². The molecule has 14 N–H and O–H groups in total. The third-order valence-corrected chi connectivity index (χ3v) is 10.3. The predicted molar refractivity (Wildman–Crippen MR) is 227 cm³/mol. The Bertz CT molecular complexity index is 1510. The predicted octanol–water partition coefficient (Wildman–Crippen LogP) is -2.57. The van der Waals surface area contributed by atoms with Crippen LogP contribution in [0.2, 0.25) is 0 Å². The van der Waals surface area contributed by atoms with Gasteiger partial charge < -0.3 is 64.2 Å². The average Bonchev–Trinajstić information content (AvgIpc) is 3.67. The third-order valence-electron chi connectivity index (χ3n) is 9.89. The van der Waals surface area contributed by atoms with Crippen LogP contribution < -0.4 is 49.1 Å². The largest absolute Gasteiger partial charge is 0.480 e. The molecule has 1 aliphatic heterocycles. The lowest BCUT2D eigenvalue weighted by Gasteiger charge is -2.31. The molecule has 0 spiro atoms. The molecule has 0 aromatic rings. The Hall–Kier alpha value is -4.70. The Labute approximate surface area is 357 Å². The monoisotopic (exact) mass is 871 g/mol. The number of nitrogens with two attached hydrogens (primary N) is 3. The van der Waals surface area contributed by atoms with E-state index >= 15 is 0 Å². The van der Waals surface area contributed by atoms with Crippen molar-refractivity contribution >= 4 is 65.9 Å². The number of aliphatic imine (C=N–C) groups is 1. The van der Waals surface area contributed by atoms with Crippen molar-refractivity contribution in [1.82, 2.24) is 36.8 Å². The number of aliphatic carboxylic acids is 1. The fraction of sp³-hybridized carbons (Fsp3) is 0.763. The van der Waals surface area contributed by atoms with E-state index in [2.05, 4.69) is 49.5 Å². The number of guanidine groups is 1. The van der Waals surface area contributed by atoms with Crippen LogP contribution in [-0.2, 0) is 38.4 Å². The van der Waals surface area contributed by atoms with E-state index in [0.29, 0.717) is 25.8 Å². The number of aliphatic hydroxyl groups is 1. The highest BCUT2D eigenvalue weighted by molar-refractivity contribution is 7.80. The van der Waals surface area contributed by atoms with Crippen molar-refractivity contribution in [3.63, 3.8) is 0 Å². The van der Waals surface area contributed by atoms with Crippen molar-refractivity contribution in [2.75, 3.05) is 25.4 Å². The second-order valence-electron chi connectivity index (χ2n) is 16.1. The first-order valence-corrected chi connectivity index (χ1v) is 21.1. The van der Waals surface area contributed by atoms with Crippen LogP contribution in [0.15, 0.2) is 4.99 Å². The number of amides is 7. The summed E-state index contributed by atoms with van der Waals surface area (Å²) >= 11 is 3.94. The number of nitrogens with zero attached hydrogens (tertiary/aromatic N) is 2. The summed E-state index contributed by atoms with van der Waals surface area (Å²) in [5, 5.41) is 35.0. The first-order chi connectivity index (χ1) is 28.1. The van der Waals surface area contributed by atoms with Crippen LogP contribution in [0, 0.1) is 17.8 Å². The summed E-state index contributed by atoms with van der Waals surface area (Å²) in [6.07, 6.45) is 1.86. The van der Waals surface area contributed by atoms with Gasteiger partial charge in [0, 0.05) is 18.8 Å². The maximum Gasteiger partial charge on any atom is 0.327 e. The summed E-state index contributed by atoms with van der Waals surface area (Å²) in [6, 6.07) is -9.41. The van der Waals surface area contributed by atoms with E-state index in [-0.39, 0.29) is 61.7 Å². The molecule has 1 heterocycles. The smallest absolute Gasteiger partial charge is 0.327 e. The number of hydrogen-bond donors (Lipinski definition) is 12. The van der Waals surface area contributed by atoms with E-state index in [1.807, 2.05) is 20.8 Å². The number of carbonyl (C=O) groups is 8. The van der Waals surface area contributed by atoms with Crippen molar-refractivity contribution in [2.45, 2.75) is 142 Å². The Morgan fingerprint density at radius 2 is 1.25 bits per heavy atom. The molecule has 1 saturated heterocycles. The van der Waals surface area contributed by atoms with Crippen molar-refractivity contribution in [2.24, 2.45) is 39.9 Å². The first-order valence-electron chi connectivity index (χ1n) is 20.5. The molecule has 7 amide bonds. The number of hydrogen-bond acceptors (Lipinski definition) is 12. The molecular formula is C38H69N11O10S. The highest BCUT2D eigenvalue weighted by Gasteiger charge is 2.39. The van der Waals surface area contributed by atoms with E-state index in [1.54, 1.807) is 20.8 Å². The zero-order valence-corrected chi connectivity index (χ0v) is 36.8. The molecule has 0 aromatic carbocycles. The van der Waals surface area contributed by atoms with Gasteiger partial charge in [0.05, 0.1) is 12.6 Å². The summed E-state index contributed by atoms with van der Waals surface area (Å²) in [6.45, 7) is 11.9. The normalized spacial score (nSPS) is 17.8. The second-order valence-corrected chi connectivity index (χ2v) is 16.4. The van der Waals surface area contributed by atoms with Crippen LogP contribution in [-0.4, -0.2) is 142 Å². The molecule has 60 heavy (non-hydrogen) atoms. The van der Waals surface area contributed by atoms with E-state index < -0.39 is 102 Å². The number of nitrogens with one attached hydrogen (secondary N) is 6. The minimum absolute atomic E-state index is 0.0535. The zero-order chi connectivity index (χ0) is 45.9. The minimum Gasteiger partial charge on any atom is -0.480 e. The van der Waals surface area contributed by atoms with E-state index in [0.717, 1.165) is 0 Å². The lowest BCUT2D eigenvalue weighted by molar-refractivity contribution is -0.141. The molecule has 0 bridgehead atoms. The molecule has 0 aliphatic carbocycles. The molecule has 22 heteroatoms. The van der Waals surface area contributed by atoms with Gasteiger partial charge in [0.25, 0.3) is 0 Å². The number of likely N-dealkylation sites (tertiary alicyclic amines) is 1. The Kier molecular flexibility index (Phi) is 23.5. The molecule has 9 atom stereocenters. The van der Waals surface area contributed by atoms with Crippen LogP contribution in [0.3, 0.4) is 0 Å². The van der Waals surface area contributed by atoms with Crippen LogP contribution in [0.1, 0.15) is 93.4 Å². The van der Waals surface area contributed by atoms with Gasteiger partial charge in [-0.1, -0.05) is 48.0 Å². The zero-order valence-electron chi connectivity index (χ0n) is 35.9. The summed E-state index contributed by atoms with van der Waals surface area (Å²) in [5.41, 5.74) is 16.5. The molecule has 1 rings (SSSR count). The molecule has 0 aromatic heterocycles. The highest BCUT2D eigenvalue weighted by Crippen LogP contribution is 2.20. The maximum atomic E-state index is 14.0. The van der Waals surface area contributed by atoms with Gasteiger partial charge in [-0.15, -0.1) is 0 Å². The van der Waals surface area contributed by atoms with E-state index in [9.17, 15) is 48.6 Å². The van der Waals surface area contributed by atoms with Crippen molar-refractivity contribution < 1.29 is 48.6 Å². The molecule has 9 unspecified atom stereocenters. The van der Waals surface area contributed by atoms with Gasteiger partial charge in [0.1, 0.15) is 42.3 Å². The maximum absolute atomic E-state index is 14.0. The third kappa shape index (κ3) is 17.9. The standard InChI is InChI=1S/C38H69N11O10S/c1-8-21(6)29(48-32(53)25(16-20(4)5)44-34(55)28-12-10-14-49(28)36(57)22(7)39)35(56)45-24(15-19(2)3)31(52)46-26(17-50)33(54)43-23(11-9-13-42-38(40)41)30(51)47-27(18-60)37(58)59/h19-29,50,60H,8-18,39H2,1-7H3,(H,43,54)(H,44,55)(H,45,56)(H,46,52)(H,47,51)(H,48,53)(H,58,59)(H4,40,41,42). The summed E-state index contributed by atoms with van der Waals surface area (Å²) < 4.78 is 0. The van der Waals surface area contributed by atoms with Gasteiger partial charge in [-0.3, -0.25) is 38.6 Å². The number of thiol groups is 1. The Balaban J connectivity index is 3.26. The molecule has 0 radical (unpaired) electrons. The fourth-order valence-corrected chi connectivity index (χ4v) is 6.67. The summed E-state index contributed by atoms with van der Waals surface area (Å²) in [5.74, 6) is -7.40. The van der Waals surface area contributed by atoms with Gasteiger partial charge in [-0.25, -0.2) is 4.79 Å². The van der Waals surface area contributed by atoms with E-state index in [4.69, 9.17) is 17.2 Å². The Morgan fingerprint density at radius 3 is 1.75 bits per heavy atom. The highest BCUT2D eigenvalue weighted by atomic mass is 32.1. The van der Waals surface area contributed by atoms with Crippen LogP contribution in [0.5, 0.6) is 0 Å². The van der Waals surface area contributed by atoms with Gasteiger partial charge in [0.15, 0.2) is 5.96 Å². The average molecular weight is 872 g/mol. The molecule has 21 nitrogen and oxygen atoms in total. The van der Waals surface area contributed by atoms with E-state index in [1.165, 1.54) is 11.8 Å². The SMILES string of the molecule is CCC(C)C(NC(=O)C(CC(C)C)NC(=O)C1CCCN1C(=O)C(C)N)C(=O)NC(CC(C)C)C(=O)NC(CO)C(=O)NC(CCCN=C(N)N)C(=O)NC(CS)C(=O)O. The van der Waals surface area contributed by atoms with Gasteiger partial charge in [-0.05, 0) is 63.2 Å². The number of rotatable bonds is 26. The van der Waals surface area contributed by atoms with Crippen LogP contribution in [0.25, 0.3) is 0 Å². The number of carboxylic acids is 1. The second kappa shape index (κ2) is 26.5. The fourth-order valence-electron chi connectivity index (χ4n) is 6.42.